The molecule has 0 aliphatic carbocycles. The summed E-state index contributed by atoms with van der Waals surface area (Å²) in [5.41, 5.74) is 0.892. The molecular formula is C28H37BClN5O4. The van der Waals surface area contributed by atoms with Gasteiger partial charge in [0.25, 0.3) is 0 Å². The van der Waals surface area contributed by atoms with E-state index in [-0.39, 0.29) is 12.1 Å². The van der Waals surface area contributed by atoms with Gasteiger partial charge >= 0.3 is 13.2 Å². The van der Waals surface area contributed by atoms with Crippen LogP contribution in [0.3, 0.4) is 0 Å². The van der Waals surface area contributed by atoms with E-state index in [1.165, 1.54) is 0 Å². The Morgan fingerprint density at radius 1 is 1.13 bits per heavy atom. The van der Waals surface area contributed by atoms with Gasteiger partial charge in [-0.25, -0.2) is 14.8 Å². The summed E-state index contributed by atoms with van der Waals surface area (Å²) >= 11 is 6.36. The Kier molecular flexibility index (Phi) is 6.88. The highest BCUT2D eigenvalue weighted by Crippen LogP contribution is 2.38. The molecule has 2 aromatic heterocycles. The summed E-state index contributed by atoms with van der Waals surface area (Å²) in [5.74, 6) is 0.779. The summed E-state index contributed by atoms with van der Waals surface area (Å²) in [4.78, 5) is 26.2. The number of hydrogen-bond acceptors (Lipinski definition) is 7. The summed E-state index contributed by atoms with van der Waals surface area (Å²) in [5, 5.41) is 1.49. The largest absolute Gasteiger partial charge is 0.497 e. The standard InChI is InChI=1S/C28H37BClN5O4/c1-18-15-33(25(36)37-26(2,3)4)12-13-34(18)23-22-21(29-38-27(5,6)28(7,8)39-29)16-35(24(22)32-17-31-23)20-11-9-10-19(30)14-20/h9-11,14,16-18H,12-13,15H2,1-8H3/t18-/m0/s1. The van der Waals surface area contributed by atoms with E-state index in [1.54, 1.807) is 11.2 Å². The molecule has 5 rings (SSSR count). The third-order valence-corrected chi connectivity index (χ3v) is 7.97. The molecule has 2 fully saturated rings. The molecule has 0 spiro atoms. The molecule has 39 heavy (non-hydrogen) atoms. The fraction of sp³-hybridized carbons (Fsp3) is 0.536. The quantitative estimate of drug-likeness (QED) is 0.430. The van der Waals surface area contributed by atoms with Gasteiger partial charge in [0.2, 0.25) is 0 Å². The van der Waals surface area contributed by atoms with Crippen molar-refractivity contribution in [3.63, 3.8) is 0 Å². The van der Waals surface area contributed by atoms with Crippen molar-refractivity contribution in [3.05, 3.63) is 41.8 Å². The first-order chi connectivity index (χ1) is 18.2. The van der Waals surface area contributed by atoms with E-state index in [9.17, 15) is 4.79 Å². The molecule has 2 saturated heterocycles. The van der Waals surface area contributed by atoms with Crippen molar-refractivity contribution in [3.8, 4) is 5.69 Å². The lowest BCUT2D eigenvalue weighted by Crippen LogP contribution is -2.55. The predicted octanol–water partition coefficient (Wildman–Crippen LogP) is 4.82. The molecule has 9 nitrogen and oxygen atoms in total. The molecule has 2 aliphatic heterocycles. The molecule has 1 atom stereocenters. The van der Waals surface area contributed by atoms with Crippen LogP contribution in [0.5, 0.6) is 0 Å². The lowest BCUT2D eigenvalue weighted by molar-refractivity contribution is 0.00578. The topological polar surface area (TPSA) is 82.0 Å². The van der Waals surface area contributed by atoms with Gasteiger partial charge in [-0.15, -0.1) is 0 Å². The highest BCUT2D eigenvalue weighted by Gasteiger charge is 2.53. The van der Waals surface area contributed by atoms with E-state index in [4.69, 9.17) is 35.6 Å². The molecule has 0 unspecified atom stereocenters. The Bertz CT molecular complexity index is 1390. The molecule has 2 aliphatic rings. The number of rotatable bonds is 3. The Hall–Kier alpha value is -2.82. The SMILES string of the molecule is C[C@H]1CN(C(=O)OC(C)(C)C)CCN1c1ncnc2c1c(B1OC(C)(C)C(C)(C)O1)cn2-c1cccc(Cl)c1. The van der Waals surface area contributed by atoms with Crippen LogP contribution in [0.15, 0.2) is 36.8 Å². The van der Waals surface area contributed by atoms with Crippen molar-refractivity contribution in [1.82, 2.24) is 19.4 Å². The summed E-state index contributed by atoms with van der Waals surface area (Å²) in [6.45, 7) is 17.5. The number of piperazine rings is 1. The Morgan fingerprint density at radius 3 is 2.44 bits per heavy atom. The minimum Gasteiger partial charge on any atom is -0.444 e. The normalized spacial score (nSPS) is 21.1. The van der Waals surface area contributed by atoms with Crippen molar-refractivity contribution >= 4 is 47.1 Å². The molecule has 11 heteroatoms. The number of nitrogens with zero attached hydrogens (tertiary/aromatic N) is 5. The molecule has 3 aromatic rings. The first-order valence-corrected chi connectivity index (χ1v) is 13.8. The second-order valence-electron chi connectivity index (χ2n) is 12.4. The molecular weight excluding hydrogens is 517 g/mol. The predicted molar refractivity (Wildman–Crippen MR) is 154 cm³/mol. The van der Waals surface area contributed by atoms with E-state index in [0.717, 1.165) is 28.0 Å². The van der Waals surface area contributed by atoms with Gasteiger partial charge in [-0.05, 0) is 73.6 Å². The zero-order valence-corrected chi connectivity index (χ0v) is 24.7. The van der Waals surface area contributed by atoms with E-state index in [0.29, 0.717) is 24.7 Å². The van der Waals surface area contributed by atoms with Gasteiger partial charge in [0.15, 0.2) is 0 Å². The van der Waals surface area contributed by atoms with Crippen LogP contribution in [-0.4, -0.2) is 75.1 Å². The number of aromatic nitrogens is 3. The second-order valence-corrected chi connectivity index (χ2v) is 12.8. The van der Waals surface area contributed by atoms with Crippen molar-refractivity contribution in [2.24, 2.45) is 0 Å². The average Bonchev–Trinajstić information content (AvgIpc) is 3.32. The first-order valence-electron chi connectivity index (χ1n) is 13.4. The highest BCUT2D eigenvalue weighted by molar-refractivity contribution is 6.65. The molecule has 0 N–H and O–H groups in total. The van der Waals surface area contributed by atoms with Gasteiger partial charge < -0.3 is 28.4 Å². The Labute approximate surface area is 235 Å². The van der Waals surface area contributed by atoms with Crippen molar-refractivity contribution in [2.45, 2.75) is 78.2 Å². The van der Waals surface area contributed by atoms with Gasteiger partial charge in [-0.3, -0.25) is 0 Å². The fourth-order valence-electron chi connectivity index (χ4n) is 5.03. The molecule has 0 saturated carbocycles. The zero-order valence-electron chi connectivity index (χ0n) is 24.0. The van der Waals surface area contributed by atoms with Gasteiger partial charge in [0.1, 0.15) is 23.4 Å². The number of benzene rings is 1. The summed E-state index contributed by atoms with van der Waals surface area (Å²) < 4.78 is 20.6. The molecule has 1 amide bonds. The number of anilines is 1. The minimum atomic E-state index is -0.610. The fourth-order valence-corrected chi connectivity index (χ4v) is 5.21. The van der Waals surface area contributed by atoms with Crippen molar-refractivity contribution in [2.75, 3.05) is 24.5 Å². The van der Waals surface area contributed by atoms with E-state index in [1.807, 2.05) is 83.5 Å². The Balaban J connectivity index is 1.58. The third-order valence-electron chi connectivity index (χ3n) is 7.74. The second kappa shape index (κ2) is 9.68. The zero-order chi connectivity index (χ0) is 28.3. The van der Waals surface area contributed by atoms with E-state index >= 15 is 0 Å². The van der Waals surface area contributed by atoms with Crippen LogP contribution >= 0.6 is 11.6 Å². The summed E-state index contributed by atoms with van der Waals surface area (Å²) in [7, 11) is -0.610. The third kappa shape index (κ3) is 5.22. The van der Waals surface area contributed by atoms with Crippen LogP contribution in [0.25, 0.3) is 16.7 Å². The molecule has 1 aromatic carbocycles. The number of fused-ring (bicyclic) bond motifs is 1. The van der Waals surface area contributed by atoms with Crippen LogP contribution in [0.1, 0.15) is 55.4 Å². The van der Waals surface area contributed by atoms with Crippen molar-refractivity contribution in [1.29, 1.82) is 0 Å². The summed E-state index contributed by atoms with van der Waals surface area (Å²) in [6.07, 6.45) is 3.30. The highest BCUT2D eigenvalue weighted by atomic mass is 35.5. The maximum atomic E-state index is 12.8. The molecule has 0 bridgehead atoms. The number of halogens is 1. The van der Waals surface area contributed by atoms with Crippen LogP contribution in [0, 0.1) is 0 Å². The summed E-state index contributed by atoms with van der Waals surface area (Å²) in [6, 6.07) is 7.64. The average molecular weight is 554 g/mol. The number of carbonyl (C=O) groups is 1. The van der Waals surface area contributed by atoms with Crippen LogP contribution < -0.4 is 10.4 Å². The van der Waals surface area contributed by atoms with Crippen molar-refractivity contribution < 1.29 is 18.8 Å². The maximum Gasteiger partial charge on any atom is 0.497 e. The number of carbonyl (C=O) groups excluding carboxylic acids is 1. The number of hydrogen-bond donors (Lipinski definition) is 0. The van der Waals surface area contributed by atoms with Crippen LogP contribution in [0.2, 0.25) is 5.02 Å². The van der Waals surface area contributed by atoms with Crippen LogP contribution in [0.4, 0.5) is 10.6 Å². The molecule has 208 valence electrons. The number of ether oxygens (including phenoxy) is 1. The lowest BCUT2D eigenvalue weighted by Gasteiger charge is -2.41. The first kappa shape index (κ1) is 27.7. The molecule has 4 heterocycles. The lowest BCUT2D eigenvalue weighted by atomic mass is 9.79. The van der Waals surface area contributed by atoms with Gasteiger partial charge in [0.05, 0.1) is 16.6 Å². The molecule has 0 radical (unpaired) electrons. The Morgan fingerprint density at radius 2 is 1.82 bits per heavy atom. The van der Waals surface area contributed by atoms with Crippen LogP contribution in [-0.2, 0) is 14.0 Å². The van der Waals surface area contributed by atoms with E-state index < -0.39 is 23.9 Å². The number of amides is 1. The van der Waals surface area contributed by atoms with Gasteiger partial charge in [-0.1, -0.05) is 17.7 Å². The monoisotopic (exact) mass is 553 g/mol. The minimum absolute atomic E-state index is 0.00923. The van der Waals surface area contributed by atoms with Gasteiger partial charge in [-0.2, -0.15) is 0 Å². The van der Waals surface area contributed by atoms with E-state index in [2.05, 4.69) is 11.8 Å². The maximum absolute atomic E-state index is 12.8. The van der Waals surface area contributed by atoms with Gasteiger partial charge in [0, 0.05) is 48.0 Å². The smallest absolute Gasteiger partial charge is 0.444 e.